The molecule has 6 heterocycles. The number of morpholine rings is 2. The third-order valence-electron chi connectivity index (χ3n) is 8.40. The maximum atomic E-state index is 5.48. The number of nitrogens with one attached hydrogen (secondary N) is 2. The van der Waals surface area contributed by atoms with E-state index in [9.17, 15) is 0 Å². The van der Waals surface area contributed by atoms with E-state index in [1.807, 2.05) is 108 Å². The Morgan fingerprint density at radius 2 is 1.22 bits per heavy atom. The maximum Gasteiger partial charge on any atom is 0.182 e. The molecule has 0 spiro atoms. The first kappa shape index (κ1) is 40.8. The molecule has 0 bridgehead atoms. The summed E-state index contributed by atoms with van der Waals surface area (Å²) in [6, 6.07) is 23.7. The number of anilines is 3. The molecule has 0 amide bonds. The Hall–Kier alpha value is -5.35. The standard InChI is InChI=1S/C19H22N6OS.C17H15N5OS.C2H7N.CH4/c1-2-20-19(27)21-15-7-5-14(6-8-15)17-22-18(24-10-12-26-13-11-24)16-4-3-9-25(16)23-17;24-12-18-14-5-3-13(4-6-14)16-19-17(21-8-10-23-11-9-21)15-2-1-7-22(15)20-16;1-2-3;/h3-9H,2,10-13H2,1H3,(H2,20,21,27);1-7H,8-11H2;2-3H2,1H3;1H4. The van der Waals surface area contributed by atoms with Crippen LogP contribution in [0.25, 0.3) is 33.8 Å². The van der Waals surface area contributed by atoms with Gasteiger partial charge >= 0.3 is 0 Å². The Morgan fingerprint density at radius 1 is 0.764 bits per heavy atom. The quantitative estimate of drug-likeness (QED) is 0.127. The van der Waals surface area contributed by atoms with Crippen LogP contribution in [0.4, 0.5) is 23.0 Å². The molecule has 8 rings (SSSR count). The summed E-state index contributed by atoms with van der Waals surface area (Å²) in [6.45, 7) is 11.7. The van der Waals surface area contributed by atoms with Gasteiger partial charge in [0.1, 0.15) is 11.0 Å². The van der Waals surface area contributed by atoms with Crippen molar-refractivity contribution < 1.29 is 9.47 Å². The highest BCUT2D eigenvalue weighted by Crippen LogP contribution is 2.27. The minimum Gasteiger partial charge on any atom is -0.378 e. The summed E-state index contributed by atoms with van der Waals surface area (Å²) in [5.74, 6) is 3.26. The molecule has 2 aliphatic heterocycles. The van der Waals surface area contributed by atoms with Crippen molar-refractivity contribution in [3.8, 4) is 22.8 Å². The number of nitrogens with two attached hydrogens (primary N) is 1. The average molecular weight is 781 g/mol. The molecule has 0 aliphatic carbocycles. The fraction of sp³-hybridized carbons (Fsp3) is 0.333. The van der Waals surface area contributed by atoms with Gasteiger partial charge in [0.05, 0.1) is 37.3 Å². The minimum absolute atomic E-state index is 0. The Labute approximate surface area is 332 Å². The Morgan fingerprint density at radius 3 is 1.65 bits per heavy atom. The zero-order chi connectivity index (χ0) is 37.7. The lowest BCUT2D eigenvalue weighted by Crippen LogP contribution is -2.37. The maximum absolute atomic E-state index is 5.48. The number of aliphatic imine (C=N–C) groups is 1. The van der Waals surface area contributed by atoms with Crippen LogP contribution in [0.15, 0.2) is 90.2 Å². The van der Waals surface area contributed by atoms with Gasteiger partial charge in [0.15, 0.2) is 28.4 Å². The lowest BCUT2D eigenvalue weighted by Gasteiger charge is -2.28. The van der Waals surface area contributed by atoms with E-state index in [4.69, 9.17) is 37.4 Å². The van der Waals surface area contributed by atoms with Gasteiger partial charge in [-0.25, -0.2) is 19.0 Å². The van der Waals surface area contributed by atoms with Crippen LogP contribution in [0, 0.1) is 0 Å². The zero-order valence-corrected chi connectivity index (χ0v) is 32.0. The lowest BCUT2D eigenvalue weighted by atomic mass is 10.2. The topological polar surface area (TPSA) is 148 Å². The number of thiocarbonyl (C=S) groups is 2. The molecule has 0 saturated carbocycles. The highest BCUT2D eigenvalue weighted by molar-refractivity contribution is 7.80. The largest absolute Gasteiger partial charge is 0.378 e. The van der Waals surface area contributed by atoms with E-state index in [1.165, 1.54) is 0 Å². The monoisotopic (exact) mass is 780 g/mol. The number of fused-ring (bicyclic) bond motifs is 2. The lowest BCUT2D eigenvalue weighted by molar-refractivity contribution is 0.122. The van der Waals surface area contributed by atoms with Crippen molar-refractivity contribution in [3.05, 3.63) is 85.2 Å². The first-order chi connectivity index (χ1) is 26.5. The average Bonchev–Trinajstić information content (AvgIpc) is 3.90. The molecule has 288 valence electrons. The summed E-state index contributed by atoms with van der Waals surface area (Å²) < 4.78 is 14.7. The summed E-state index contributed by atoms with van der Waals surface area (Å²) in [5.41, 5.74) is 10.4. The van der Waals surface area contributed by atoms with E-state index in [0.717, 1.165) is 111 Å². The highest BCUT2D eigenvalue weighted by atomic mass is 32.1. The van der Waals surface area contributed by atoms with Crippen molar-refractivity contribution in [2.75, 3.05) is 80.8 Å². The summed E-state index contributed by atoms with van der Waals surface area (Å²) >= 11 is 9.86. The molecule has 16 heteroatoms. The molecule has 0 atom stereocenters. The molecule has 4 N–H and O–H groups in total. The summed E-state index contributed by atoms with van der Waals surface area (Å²) in [5, 5.41) is 18.5. The van der Waals surface area contributed by atoms with Gasteiger partial charge in [-0.05, 0) is 111 Å². The van der Waals surface area contributed by atoms with Crippen molar-refractivity contribution in [3.63, 3.8) is 0 Å². The predicted octanol–water partition coefficient (Wildman–Crippen LogP) is 6.11. The van der Waals surface area contributed by atoms with E-state index in [2.05, 4.69) is 53.0 Å². The fourth-order valence-electron chi connectivity index (χ4n) is 5.87. The molecule has 2 saturated heterocycles. The van der Waals surface area contributed by atoms with Gasteiger partial charge in [0.25, 0.3) is 0 Å². The molecule has 14 nitrogen and oxygen atoms in total. The number of hydrogen-bond acceptors (Lipinski definition) is 12. The van der Waals surface area contributed by atoms with E-state index < -0.39 is 0 Å². The van der Waals surface area contributed by atoms with Gasteiger partial charge in [-0.15, -0.1) is 10.2 Å². The van der Waals surface area contributed by atoms with Crippen LogP contribution in [0.3, 0.4) is 0 Å². The molecular formula is C39H48N12O2S2. The van der Waals surface area contributed by atoms with Crippen molar-refractivity contribution in [1.82, 2.24) is 34.5 Å². The number of rotatable bonds is 7. The summed E-state index contributed by atoms with van der Waals surface area (Å²) in [7, 11) is 0. The molecule has 55 heavy (non-hydrogen) atoms. The molecule has 0 radical (unpaired) electrons. The second kappa shape index (κ2) is 20.4. The molecular weight excluding hydrogens is 733 g/mol. The Kier molecular flexibility index (Phi) is 15.1. The van der Waals surface area contributed by atoms with Crippen LogP contribution in [-0.4, -0.2) is 105 Å². The van der Waals surface area contributed by atoms with Crippen LogP contribution < -0.4 is 26.2 Å². The molecule has 2 aromatic carbocycles. The van der Waals surface area contributed by atoms with Crippen LogP contribution in [0.1, 0.15) is 21.3 Å². The first-order valence-corrected chi connectivity index (χ1v) is 18.7. The third kappa shape index (κ3) is 10.5. The van der Waals surface area contributed by atoms with Gasteiger partial charge in [-0.3, -0.25) is 0 Å². The molecule has 0 unspecified atom stereocenters. The van der Waals surface area contributed by atoms with E-state index in [1.54, 1.807) is 0 Å². The molecule has 4 aromatic heterocycles. The normalized spacial score (nSPS) is 13.7. The van der Waals surface area contributed by atoms with Gasteiger partial charge in [-0.1, -0.05) is 14.4 Å². The van der Waals surface area contributed by atoms with Crippen LogP contribution >= 0.6 is 24.4 Å². The van der Waals surface area contributed by atoms with E-state index in [0.29, 0.717) is 16.8 Å². The third-order valence-corrected chi connectivity index (χ3v) is 8.74. The molecule has 6 aromatic rings. The van der Waals surface area contributed by atoms with Crippen LogP contribution in [0.5, 0.6) is 0 Å². The number of ether oxygens (including phenoxy) is 2. The van der Waals surface area contributed by atoms with Crippen molar-refractivity contribution in [2.45, 2.75) is 21.3 Å². The smallest absolute Gasteiger partial charge is 0.182 e. The van der Waals surface area contributed by atoms with Gasteiger partial charge in [-0.2, -0.15) is 4.99 Å². The Bertz CT molecular complexity index is 2170. The fourth-order valence-corrected chi connectivity index (χ4v) is 6.24. The zero-order valence-electron chi connectivity index (χ0n) is 30.4. The number of hydrogen-bond donors (Lipinski definition) is 3. The summed E-state index contributed by atoms with van der Waals surface area (Å²) in [4.78, 5) is 18.2. The van der Waals surface area contributed by atoms with Gasteiger partial charge in [0, 0.05) is 61.9 Å². The van der Waals surface area contributed by atoms with Crippen molar-refractivity contribution in [1.29, 1.82) is 0 Å². The highest BCUT2D eigenvalue weighted by Gasteiger charge is 2.19. The van der Waals surface area contributed by atoms with Gasteiger partial charge in [0.2, 0.25) is 0 Å². The summed E-state index contributed by atoms with van der Waals surface area (Å²) in [6.07, 6.45) is 3.89. The van der Waals surface area contributed by atoms with E-state index >= 15 is 0 Å². The van der Waals surface area contributed by atoms with Gasteiger partial charge < -0.3 is 35.6 Å². The van der Waals surface area contributed by atoms with E-state index in [-0.39, 0.29) is 7.43 Å². The van der Waals surface area contributed by atoms with Crippen LogP contribution in [0.2, 0.25) is 0 Å². The van der Waals surface area contributed by atoms with Crippen molar-refractivity contribution >= 4 is 68.8 Å². The SMILES string of the molecule is C.CCN.CCNC(=S)Nc1ccc(-c2nc(N3CCOCC3)c3cccn3n2)cc1.S=C=Nc1ccc(-c2nc(N3CCOCC3)c3cccn3n2)cc1. The van der Waals surface area contributed by atoms with Crippen LogP contribution in [-0.2, 0) is 9.47 Å². The van der Waals surface area contributed by atoms with Crippen molar-refractivity contribution in [2.24, 2.45) is 10.7 Å². The predicted molar refractivity (Wildman–Crippen MR) is 229 cm³/mol. The first-order valence-electron chi connectivity index (χ1n) is 17.9. The number of isothiocyanates is 1. The second-order valence-electron chi connectivity index (χ2n) is 12.1. The Balaban J connectivity index is 0.000000195. The molecule has 2 aliphatic rings. The number of nitrogens with zero attached hydrogens (tertiary/aromatic N) is 9. The minimum atomic E-state index is 0. The second-order valence-corrected chi connectivity index (χ2v) is 12.7. The number of benzene rings is 2. The number of aromatic nitrogens is 6. The molecule has 2 fully saturated rings.